The maximum absolute atomic E-state index is 13.8. The van der Waals surface area contributed by atoms with Crippen LogP contribution in [-0.4, -0.2) is 28.5 Å². The lowest BCUT2D eigenvalue weighted by molar-refractivity contribution is 0.0518. The molecule has 1 aromatic heterocycles. The van der Waals surface area contributed by atoms with Crippen molar-refractivity contribution in [3.8, 4) is 5.88 Å². The highest BCUT2D eigenvalue weighted by atomic mass is 19.1. The van der Waals surface area contributed by atoms with Crippen LogP contribution < -0.4 is 4.74 Å². The molecule has 2 aromatic rings. The first-order chi connectivity index (χ1) is 10.5. The van der Waals surface area contributed by atoms with Crippen LogP contribution in [0.25, 0.3) is 0 Å². The molecule has 0 saturated heterocycles. The summed E-state index contributed by atoms with van der Waals surface area (Å²) in [4.78, 5) is 11.8. The molecule has 0 fully saturated rings. The normalized spacial score (nSPS) is 10.8. The third-order valence-electron chi connectivity index (χ3n) is 2.86. The van der Waals surface area contributed by atoms with E-state index in [-0.39, 0.29) is 30.8 Å². The number of aromatic nitrogens is 2. The summed E-state index contributed by atoms with van der Waals surface area (Å²) in [6, 6.07) is 7.93. The van der Waals surface area contributed by atoms with Crippen molar-refractivity contribution in [1.29, 1.82) is 0 Å². The molecular formula is C16H19FN2O3. The zero-order valence-corrected chi connectivity index (χ0v) is 12.9. The molecule has 1 aromatic carbocycles. The quantitative estimate of drug-likeness (QED) is 0.770. The highest BCUT2D eigenvalue weighted by molar-refractivity contribution is 5.87. The van der Waals surface area contributed by atoms with Crippen LogP contribution in [0, 0.1) is 5.82 Å². The van der Waals surface area contributed by atoms with Gasteiger partial charge in [-0.1, -0.05) is 18.2 Å². The number of esters is 1. The predicted molar refractivity (Wildman–Crippen MR) is 79.4 cm³/mol. The first-order valence-corrected chi connectivity index (χ1v) is 7.16. The van der Waals surface area contributed by atoms with Gasteiger partial charge in [-0.15, -0.1) is 0 Å². The van der Waals surface area contributed by atoms with E-state index >= 15 is 0 Å². The van der Waals surface area contributed by atoms with E-state index in [1.165, 1.54) is 16.8 Å². The number of halogens is 1. The lowest BCUT2D eigenvalue weighted by Crippen LogP contribution is -2.12. The second-order valence-corrected chi connectivity index (χ2v) is 5.00. The van der Waals surface area contributed by atoms with Gasteiger partial charge in [0.15, 0.2) is 5.69 Å². The van der Waals surface area contributed by atoms with Gasteiger partial charge in [0, 0.05) is 11.6 Å². The fourth-order valence-corrected chi connectivity index (χ4v) is 1.94. The largest absolute Gasteiger partial charge is 0.475 e. The van der Waals surface area contributed by atoms with Crippen molar-refractivity contribution in [3.05, 3.63) is 47.4 Å². The van der Waals surface area contributed by atoms with Gasteiger partial charge in [-0.05, 0) is 26.8 Å². The van der Waals surface area contributed by atoms with Crippen molar-refractivity contribution < 1.29 is 18.7 Å². The van der Waals surface area contributed by atoms with E-state index in [0.717, 1.165) is 0 Å². The van der Waals surface area contributed by atoms with Crippen LogP contribution in [0.4, 0.5) is 4.39 Å². The van der Waals surface area contributed by atoms with Crippen LogP contribution in [0.3, 0.4) is 0 Å². The molecule has 6 heteroatoms. The fourth-order valence-electron chi connectivity index (χ4n) is 1.94. The molecule has 0 radical (unpaired) electrons. The molecule has 0 N–H and O–H groups in total. The minimum Gasteiger partial charge on any atom is -0.475 e. The maximum Gasteiger partial charge on any atom is 0.358 e. The molecule has 118 valence electrons. The summed E-state index contributed by atoms with van der Waals surface area (Å²) in [6.07, 6.45) is -0.0916. The van der Waals surface area contributed by atoms with E-state index < -0.39 is 5.97 Å². The Morgan fingerprint density at radius 3 is 2.73 bits per heavy atom. The highest BCUT2D eigenvalue weighted by Crippen LogP contribution is 2.19. The first-order valence-electron chi connectivity index (χ1n) is 7.16. The molecule has 0 aliphatic heterocycles. The Morgan fingerprint density at radius 1 is 1.36 bits per heavy atom. The molecule has 2 rings (SSSR count). The smallest absolute Gasteiger partial charge is 0.358 e. The molecule has 0 aliphatic carbocycles. The fraction of sp³-hybridized carbons (Fsp3) is 0.375. The maximum atomic E-state index is 13.8. The van der Waals surface area contributed by atoms with Gasteiger partial charge >= 0.3 is 5.97 Å². The lowest BCUT2D eigenvalue weighted by Gasteiger charge is -2.12. The molecule has 0 aliphatic rings. The van der Waals surface area contributed by atoms with Crippen molar-refractivity contribution in [2.24, 2.45) is 0 Å². The summed E-state index contributed by atoms with van der Waals surface area (Å²) >= 11 is 0. The molecule has 5 nitrogen and oxygen atoms in total. The van der Waals surface area contributed by atoms with Crippen LogP contribution in [0.1, 0.15) is 36.8 Å². The van der Waals surface area contributed by atoms with E-state index in [2.05, 4.69) is 5.10 Å². The number of benzene rings is 1. The number of hydrogen-bond donors (Lipinski definition) is 0. The molecule has 0 atom stereocenters. The van der Waals surface area contributed by atoms with Crippen LogP contribution in [0.2, 0.25) is 0 Å². The van der Waals surface area contributed by atoms with Crippen LogP contribution >= 0.6 is 0 Å². The zero-order chi connectivity index (χ0) is 16.1. The number of ether oxygens (including phenoxy) is 2. The molecule has 0 unspecified atom stereocenters. The van der Waals surface area contributed by atoms with Gasteiger partial charge in [0.25, 0.3) is 0 Å². The zero-order valence-electron chi connectivity index (χ0n) is 12.9. The standard InChI is InChI=1S/C16H19FN2O3/c1-4-21-16(20)14-9-15(22-11(2)3)19(18-14)10-12-7-5-6-8-13(12)17/h5-9,11H,4,10H2,1-3H3. The van der Waals surface area contributed by atoms with Crippen molar-refractivity contribution in [2.45, 2.75) is 33.4 Å². The number of carbonyl (C=O) groups is 1. The highest BCUT2D eigenvalue weighted by Gasteiger charge is 2.18. The van der Waals surface area contributed by atoms with Crippen LogP contribution in [0.15, 0.2) is 30.3 Å². The van der Waals surface area contributed by atoms with Gasteiger partial charge in [0.05, 0.1) is 19.3 Å². The van der Waals surface area contributed by atoms with Gasteiger partial charge in [-0.2, -0.15) is 5.10 Å². The third-order valence-corrected chi connectivity index (χ3v) is 2.86. The van der Waals surface area contributed by atoms with Crippen LogP contribution in [0.5, 0.6) is 5.88 Å². The van der Waals surface area contributed by atoms with Crippen molar-refractivity contribution >= 4 is 5.97 Å². The molecule has 0 spiro atoms. The molecule has 1 heterocycles. The summed E-state index contributed by atoms with van der Waals surface area (Å²) in [7, 11) is 0. The number of rotatable bonds is 6. The molecule has 0 saturated carbocycles. The Morgan fingerprint density at radius 2 is 2.09 bits per heavy atom. The number of carbonyl (C=O) groups excluding carboxylic acids is 1. The van der Waals surface area contributed by atoms with Gasteiger partial charge in [0.2, 0.25) is 5.88 Å². The summed E-state index contributed by atoms with van der Waals surface area (Å²) < 4.78 is 25.8. The SMILES string of the molecule is CCOC(=O)c1cc(OC(C)C)n(Cc2ccccc2F)n1. The summed E-state index contributed by atoms with van der Waals surface area (Å²) in [5, 5.41) is 4.17. The van der Waals surface area contributed by atoms with Gasteiger partial charge in [0.1, 0.15) is 5.82 Å². The average Bonchev–Trinajstić information content (AvgIpc) is 2.84. The summed E-state index contributed by atoms with van der Waals surface area (Å²) in [5.41, 5.74) is 0.614. The van der Waals surface area contributed by atoms with Gasteiger partial charge in [-0.3, -0.25) is 0 Å². The van der Waals surface area contributed by atoms with E-state index in [0.29, 0.717) is 11.4 Å². The van der Waals surface area contributed by atoms with Gasteiger partial charge < -0.3 is 9.47 Å². The topological polar surface area (TPSA) is 53.4 Å². The second-order valence-electron chi connectivity index (χ2n) is 5.00. The van der Waals surface area contributed by atoms with Crippen LogP contribution in [-0.2, 0) is 11.3 Å². The molecule has 0 bridgehead atoms. The number of hydrogen-bond acceptors (Lipinski definition) is 4. The minimum absolute atomic E-state index is 0.0916. The Labute approximate surface area is 128 Å². The monoisotopic (exact) mass is 306 g/mol. The minimum atomic E-state index is -0.525. The van der Waals surface area contributed by atoms with E-state index in [1.807, 2.05) is 13.8 Å². The molecule has 0 amide bonds. The Kier molecular flexibility index (Phi) is 5.14. The van der Waals surface area contributed by atoms with E-state index in [4.69, 9.17) is 9.47 Å². The second kappa shape index (κ2) is 7.06. The summed E-state index contributed by atoms with van der Waals surface area (Å²) in [5.74, 6) is -0.448. The van der Waals surface area contributed by atoms with Crippen molar-refractivity contribution in [2.75, 3.05) is 6.61 Å². The van der Waals surface area contributed by atoms with Crippen molar-refractivity contribution in [3.63, 3.8) is 0 Å². The first kappa shape index (κ1) is 16.0. The Balaban J connectivity index is 2.31. The van der Waals surface area contributed by atoms with Gasteiger partial charge in [-0.25, -0.2) is 13.9 Å². The molecule has 22 heavy (non-hydrogen) atoms. The molecular weight excluding hydrogens is 287 g/mol. The van der Waals surface area contributed by atoms with E-state index in [1.54, 1.807) is 25.1 Å². The van der Waals surface area contributed by atoms with Crippen molar-refractivity contribution in [1.82, 2.24) is 9.78 Å². The average molecular weight is 306 g/mol. The predicted octanol–water partition coefficient (Wildman–Crippen LogP) is 3.03. The third kappa shape index (κ3) is 3.84. The number of nitrogens with zero attached hydrogens (tertiary/aromatic N) is 2. The Hall–Kier alpha value is -2.37. The Bertz CT molecular complexity index is 653. The summed E-state index contributed by atoms with van der Waals surface area (Å²) in [6.45, 7) is 5.89. The van der Waals surface area contributed by atoms with E-state index in [9.17, 15) is 9.18 Å². The lowest BCUT2D eigenvalue weighted by atomic mass is 10.2.